The fourth-order valence-electron chi connectivity index (χ4n) is 2.10. The van der Waals surface area contributed by atoms with Gasteiger partial charge in [0.25, 0.3) is 0 Å². The highest BCUT2D eigenvalue weighted by Crippen LogP contribution is 2.23. The van der Waals surface area contributed by atoms with Crippen LogP contribution in [0.15, 0.2) is 24.3 Å². The van der Waals surface area contributed by atoms with Crippen LogP contribution in [-0.2, 0) is 17.8 Å². The maximum atomic E-state index is 11.6. The van der Waals surface area contributed by atoms with Gasteiger partial charge in [0.2, 0.25) is 0 Å². The highest BCUT2D eigenvalue weighted by Gasteiger charge is 2.33. The van der Waals surface area contributed by atoms with Crippen LogP contribution in [0.4, 0.5) is 4.79 Å². The molecule has 0 fully saturated rings. The molecular weight excluding hydrogens is 220 g/mol. The minimum Gasteiger partial charge on any atom is -0.480 e. The molecule has 1 atom stereocenters. The van der Waals surface area contributed by atoms with Gasteiger partial charge in [0.05, 0.1) is 0 Å². The first-order valence-corrected chi connectivity index (χ1v) is 5.41. The van der Waals surface area contributed by atoms with E-state index in [9.17, 15) is 9.59 Å². The summed E-state index contributed by atoms with van der Waals surface area (Å²) in [6.45, 7) is 0.340. The van der Waals surface area contributed by atoms with Gasteiger partial charge < -0.3 is 15.3 Å². The molecule has 90 valence electrons. The maximum Gasteiger partial charge on any atom is 0.326 e. The van der Waals surface area contributed by atoms with Gasteiger partial charge in [-0.15, -0.1) is 0 Å². The summed E-state index contributed by atoms with van der Waals surface area (Å²) in [5.41, 5.74) is 2.01. The Balaban J connectivity index is 2.34. The van der Waals surface area contributed by atoms with E-state index >= 15 is 0 Å². The topological polar surface area (TPSA) is 69.6 Å². The summed E-state index contributed by atoms with van der Waals surface area (Å²) < 4.78 is 0. The standard InChI is InChI=1S/C12H14N2O3/c1-13-12(17)14-7-9-5-3-2-4-8(9)6-10(14)11(15)16/h2-5,10H,6-7H2,1H3,(H,13,17)(H,15,16)/t10-/m1/s1. The van der Waals surface area contributed by atoms with Crippen LogP contribution in [0.1, 0.15) is 11.1 Å². The van der Waals surface area contributed by atoms with Gasteiger partial charge in [-0.2, -0.15) is 0 Å². The van der Waals surface area contributed by atoms with Crippen molar-refractivity contribution in [3.05, 3.63) is 35.4 Å². The van der Waals surface area contributed by atoms with Crippen molar-refractivity contribution in [3.8, 4) is 0 Å². The molecular formula is C12H14N2O3. The van der Waals surface area contributed by atoms with Crippen LogP contribution in [0.2, 0.25) is 0 Å². The number of carbonyl (C=O) groups is 2. The number of fused-ring (bicyclic) bond motifs is 1. The highest BCUT2D eigenvalue weighted by atomic mass is 16.4. The van der Waals surface area contributed by atoms with Crippen molar-refractivity contribution in [2.75, 3.05) is 7.05 Å². The number of urea groups is 1. The van der Waals surface area contributed by atoms with Crippen LogP contribution in [-0.4, -0.2) is 35.1 Å². The lowest BCUT2D eigenvalue weighted by molar-refractivity contribution is -0.142. The fraction of sp³-hybridized carbons (Fsp3) is 0.333. The lowest BCUT2D eigenvalue weighted by Crippen LogP contribution is -2.51. The summed E-state index contributed by atoms with van der Waals surface area (Å²) in [5.74, 6) is -0.969. The fourth-order valence-corrected chi connectivity index (χ4v) is 2.10. The third-order valence-corrected chi connectivity index (χ3v) is 3.01. The quantitative estimate of drug-likeness (QED) is 0.756. The first-order valence-electron chi connectivity index (χ1n) is 5.41. The summed E-state index contributed by atoms with van der Waals surface area (Å²) >= 11 is 0. The van der Waals surface area contributed by atoms with Gasteiger partial charge in [-0.25, -0.2) is 9.59 Å². The van der Waals surface area contributed by atoms with Gasteiger partial charge in [-0.1, -0.05) is 24.3 Å². The summed E-state index contributed by atoms with van der Waals surface area (Å²) in [6.07, 6.45) is 0.360. The Morgan fingerprint density at radius 2 is 2.00 bits per heavy atom. The number of carboxylic acids is 1. The van der Waals surface area contributed by atoms with Crippen molar-refractivity contribution in [2.24, 2.45) is 0 Å². The zero-order chi connectivity index (χ0) is 12.4. The van der Waals surface area contributed by atoms with Crippen molar-refractivity contribution >= 4 is 12.0 Å². The van der Waals surface area contributed by atoms with Crippen molar-refractivity contribution in [1.29, 1.82) is 0 Å². The molecule has 0 aromatic heterocycles. The zero-order valence-electron chi connectivity index (χ0n) is 9.51. The second-order valence-corrected chi connectivity index (χ2v) is 4.01. The third-order valence-electron chi connectivity index (χ3n) is 3.01. The van der Waals surface area contributed by atoms with Crippen LogP contribution < -0.4 is 5.32 Å². The molecule has 1 aliphatic heterocycles. The Kier molecular flexibility index (Phi) is 2.99. The van der Waals surface area contributed by atoms with Crippen molar-refractivity contribution < 1.29 is 14.7 Å². The molecule has 2 rings (SSSR count). The molecule has 1 aliphatic rings. The average Bonchev–Trinajstić information content (AvgIpc) is 2.36. The maximum absolute atomic E-state index is 11.6. The number of amides is 2. The summed E-state index contributed by atoms with van der Waals surface area (Å²) in [5, 5.41) is 11.6. The lowest BCUT2D eigenvalue weighted by atomic mass is 9.94. The first kappa shape index (κ1) is 11.4. The summed E-state index contributed by atoms with van der Waals surface area (Å²) in [6, 6.07) is 6.46. The summed E-state index contributed by atoms with van der Waals surface area (Å²) in [7, 11) is 1.50. The van der Waals surface area contributed by atoms with E-state index < -0.39 is 12.0 Å². The van der Waals surface area contributed by atoms with Crippen molar-refractivity contribution in [1.82, 2.24) is 10.2 Å². The van der Waals surface area contributed by atoms with Gasteiger partial charge >= 0.3 is 12.0 Å². The van der Waals surface area contributed by atoms with E-state index in [0.29, 0.717) is 13.0 Å². The minimum atomic E-state index is -0.969. The van der Waals surface area contributed by atoms with Crippen molar-refractivity contribution in [2.45, 2.75) is 19.0 Å². The SMILES string of the molecule is CNC(=O)N1Cc2ccccc2C[C@@H]1C(=O)O. The van der Waals surface area contributed by atoms with Gasteiger partial charge in [0.1, 0.15) is 6.04 Å². The smallest absolute Gasteiger partial charge is 0.326 e. The average molecular weight is 234 g/mol. The number of hydrogen-bond donors (Lipinski definition) is 2. The normalized spacial score (nSPS) is 18.4. The number of hydrogen-bond acceptors (Lipinski definition) is 2. The Morgan fingerprint density at radius 1 is 1.35 bits per heavy atom. The van der Waals surface area contributed by atoms with Gasteiger partial charge in [0.15, 0.2) is 0 Å². The van der Waals surface area contributed by atoms with Crippen LogP contribution >= 0.6 is 0 Å². The molecule has 1 aromatic carbocycles. The number of carboxylic acid groups (broad SMARTS) is 1. The molecule has 1 aromatic rings. The largest absolute Gasteiger partial charge is 0.480 e. The molecule has 0 radical (unpaired) electrons. The van der Waals surface area contributed by atoms with E-state index in [-0.39, 0.29) is 6.03 Å². The molecule has 5 nitrogen and oxygen atoms in total. The molecule has 0 saturated carbocycles. The molecule has 17 heavy (non-hydrogen) atoms. The van der Waals surface area contributed by atoms with Gasteiger partial charge in [-0.05, 0) is 11.1 Å². The molecule has 5 heteroatoms. The Bertz CT molecular complexity index is 459. The monoisotopic (exact) mass is 234 g/mol. The third kappa shape index (κ3) is 2.08. The number of rotatable bonds is 1. The van der Waals surface area contributed by atoms with Crippen LogP contribution in [0.25, 0.3) is 0 Å². The molecule has 0 saturated heterocycles. The number of nitrogens with one attached hydrogen (secondary N) is 1. The van der Waals surface area contributed by atoms with E-state index in [0.717, 1.165) is 11.1 Å². The van der Waals surface area contributed by atoms with E-state index in [1.165, 1.54) is 11.9 Å². The van der Waals surface area contributed by atoms with Crippen molar-refractivity contribution in [3.63, 3.8) is 0 Å². The van der Waals surface area contributed by atoms with Gasteiger partial charge in [0, 0.05) is 20.0 Å². The zero-order valence-corrected chi connectivity index (χ0v) is 9.51. The Hall–Kier alpha value is -2.04. The summed E-state index contributed by atoms with van der Waals surface area (Å²) in [4.78, 5) is 24.2. The number of nitrogens with zero attached hydrogens (tertiary/aromatic N) is 1. The second kappa shape index (κ2) is 4.45. The van der Waals surface area contributed by atoms with E-state index in [4.69, 9.17) is 5.11 Å². The highest BCUT2D eigenvalue weighted by molar-refractivity contribution is 5.83. The molecule has 0 unspecified atom stereocenters. The molecule has 2 amide bonds. The van der Waals surface area contributed by atoms with Crippen LogP contribution in [0.5, 0.6) is 0 Å². The number of benzene rings is 1. The van der Waals surface area contributed by atoms with Crippen LogP contribution in [0.3, 0.4) is 0 Å². The molecule has 0 spiro atoms. The number of carbonyl (C=O) groups excluding carboxylic acids is 1. The molecule has 1 heterocycles. The van der Waals surface area contributed by atoms with E-state index in [2.05, 4.69) is 5.32 Å². The molecule has 2 N–H and O–H groups in total. The lowest BCUT2D eigenvalue weighted by Gasteiger charge is -2.33. The number of aliphatic carboxylic acids is 1. The Labute approximate surface area is 99.0 Å². The molecule has 0 bridgehead atoms. The van der Waals surface area contributed by atoms with E-state index in [1.54, 1.807) is 0 Å². The minimum absolute atomic E-state index is 0.340. The van der Waals surface area contributed by atoms with Crippen LogP contribution in [0, 0.1) is 0 Å². The first-order chi connectivity index (χ1) is 8.13. The van der Waals surface area contributed by atoms with E-state index in [1.807, 2.05) is 24.3 Å². The molecule has 0 aliphatic carbocycles. The Morgan fingerprint density at radius 3 is 2.59 bits per heavy atom. The predicted molar refractivity (Wildman–Crippen MR) is 61.6 cm³/mol. The second-order valence-electron chi connectivity index (χ2n) is 4.01. The van der Waals surface area contributed by atoms with Gasteiger partial charge in [-0.3, -0.25) is 0 Å². The predicted octanol–water partition coefficient (Wildman–Crippen LogP) is 0.837.